The highest BCUT2D eigenvalue weighted by molar-refractivity contribution is 9.10. The van der Waals surface area contributed by atoms with E-state index in [9.17, 15) is 0 Å². The van der Waals surface area contributed by atoms with E-state index in [-0.39, 0.29) is 5.54 Å². The van der Waals surface area contributed by atoms with Crippen molar-refractivity contribution in [2.45, 2.75) is 31.6 Å². The van der Waals surface area contributed by atoms with Gasteiger partial charge in [0.2, 0.25) is 0 Å². The normalized spacial score (nSPS) is 11.9. The Hall–Kier alpha value is -0.390. The molecule has 0 atom stereocenters. The van der Waals surface area contributed by atoms with Crippen LogP contribution in [0.3, 0.4) is 0 Å². The molecule has 0 saturated carbocycles. The summed E-state index contributed by atoms with van der Waals surface area (Å²) in [6.07, 6.45) is 0. The van der Waals surface area contributed by atoms with Gasteiger partial charge >= 0.3 is 0 Å². The van der Waals surface area contributed by atoms with Crippen LogP contribution in [0, 0.1) is 0 Å². The maximum absolute atomic E-state index is 6.09. The molecule has 3 nitrogen and oxygen atoms in total. The third kappa shape index (κ3) is 3.03. The molecule has 1 aromatic carbocycles. The summed E-state index contributed by atoms with van der Waals surface area (Å²) < 4.78 is 3.08. The van der Waals surface area contributed by atoms with Crippen molar-refractivity contribution in [1.82, 2.24) is 14.8 Å². The predicted octanol–water partition coefficient (Wildman–Crippen LogP) is 5.01. The van der Waals surface area contributed by atoms with E-state index in [1.54, 1.807) is 0 Å². The van der Waals surface area contributed by atoms with Gasteiger partial charge in [-0.25, -0.2) is 0 Å². The summed E-state index contributed by atoms with van der Waals surface area (Å²) >= 11 is 13.1. The number of hydrogen-bond acceptors (Lipinski definition) is 2. The summed E-state index contributed by atoms with van der Waals surface area (Å²) in [5, 5.41) is 9.91. The van der Waals surface area contributed by atoms with Crippen LogP contribution in [0.4, 0.5) is 0 Å². The average molecular weight is 408 g/mol. The molecule has 102 valence electrons. The van der Waals surface area contributed by atoms with Crippen LogP contribution in [0.15, 0.2) is 22.7 Å². The SMILES string of the molecule is CC(C)(C)n1c(CBr)nnc1-c1cc(Cl)ccc1Br. The lowest BCUT2D eigenvalue weighted by Gasteiger charge is -2.25. The highest BCUT2D eigenvalue weighted by Crippen LogP contribution is 2.33. The van der Waals surface area contributed by atoms with E-state index in [2.05, 4.69) is 67.4 Å². The second kappa shape index (κ2) is 5.54. The Labute approximate surface area is 134 Å². The first-order chi connectivity index (χ1) is 8.84. The van der Waals surface area contributed by atoms with E-state index in [0.717, 1.165) is 21.7 Å². The van der Waals surface area contributed by atoms with Crippen molar-refractivity contribution in [2.75, 3.05) is 0 Å². The standard InChI is InChI=1S/C13H14Br2ClN3/c1-13(2,3)19-11(7-14)17-18-12(19)9-6-8(16)4-5-10(9)15/h4-6H,7H2,1-3H3. The first kappa shape index (κ1) is 15.0. The second-order valence-electron chi connectivity index (χ2n) is 5.20. The molecule has 0 spiro atoms. The van der Waals surface area contributed by atoms with Crippen LogP contribution >= 0.6 is 43.5 Å². The fourth-order valence-corrected chi connectivity index (χ4v) is 2.91. The minimum Gasteiger partial charge on any atom is -0.305 e. The van der Waals surface area contributed by atoms with E-state index < -0.39 is 0 Å². The molecule has 0 aliphatic heterocycles. The van der Waals surface area contributed by atoms with Gasteiger partial charge < -0.3 is 4.57 Å². The third-order valence-corrected chi connectivity index (χ3v) is 4.12. The molecule has 0 N–H and O–H groups in total. The molecule has 0 radical (unpaired) electrons. The van der Waals surface area contributed by atoms with Crippen LogP contribution in [0.25, 0.3) is 11.4 Å². The highest BCUT2D eigenvalue weighted by atomic mass is 79.9. The molecule has 0 fully saturated rings. The third-order valence-electron chi connectivity index (χ3n) is 2.69. The van der Waals surface area contributed by atoms with E-state index in [4.69, 9.17) is 11.6 Å². The zero-order valence-electron chi connectivity index (χ0n) is 10.9. The number of alkyl halides is 1. The molecule has 6 heteroatoms. The van der Waals surface area contributed by atoms with Gasteiger partial charge in [0, 0.05) is 20.6 Å². The molecule has 0 aliphatic carbocycles. The molecule has 2 aromatic rings. The Balaban J connectivity index is 2.69. The molecular formula is C13H14Br2ClN3. The highest BCUT2D eigenvalue weighted by Gasteiger charge is 2.24. The number of aromatic nitrogens is 3. The Kier molecular flexibility index (Phi) is 4.38. The number of nitrogens with zero attached hydrogens (tertiary/aromatic N) is 3. The van der Waals surface area contributed by atoms with Crippen molar-refractivity contribution in [3.05, 3.63) is 33.5 Å². The minimum absolute atomic E-state index is 0.107. The lowest BCUT2D eigenvalue weighted by Crippen LogP contribution is -2.24. The average Bonchev–Trinajstić information content (AvgIpc) is 2.75. The van der Waals surface area contributed by atoms with Gasteiger partial charge in [-0.3, -0.25) is 0 Å². The lowest BCUT2D eigenvalue weighted by atomic mass is 10.1. The number of benzene rings is 1. The van der Waals surface area contributed by atoms with Gasteiger partial charge in [-0.15, -0.1) is 10.2 Å². The van der Waals surface area contributed by atoms with Crippen molar-refractivity contribution >= 4 is 43.5 Å². The quantitative estimate of drug-likeness (QED) is 0.655. The van der Waals surface area contributed by atoms with Crippen molar-refractivity contribution in [2.24, 2.45) is 0 Å². The van der Waals surface area contributed by atoms with E-state index in [1.165, 1.54) is 0 Å². The topological polar surface area (TPSA) is 30.7 Å². The number of rotatable bonds is 2. The van der Waals surface area contributed by atoms with Gasteiger partial charge in [-0.2, -0.15) is 0 Å². The Morgan fingerprint density at radius 1 is 1.26 bits per heavy atom. The first-order valence-electron chi connectivity index (χ1n) is 5.80. The fourth-order valence-electron chi connectivity index (χ4n) is 1.95. The fraction of sp³-hybridized carbons (Fsp3) is 0.385. The summed E-state index contributed by atoms with van der Waals surface area (Å²) in [5.41, 5.74) is 0.839. The second-order valence-corrected chi connectivity index (χ2v) is 7.06. The van der Waals surface area contributed by atoms with E-state index in [1.807, 2.05) is 18.2 Å². The Bertz CT molecular complexity index is 602. The van der Waals surface area contributed by atoms with Gasteiger partial charge in [0.1, 0.15) is 5.82 Å². The number of halogens is 3. The smallest absolute Gasteiger partial charge is 0.165 e. The zero-order valence-corrected chi connectivity index (χ0v) is 14.8. The summed E-state index contributed by atoms with van der Waals surface area (Å²) in [6, 6.07) is 5.67. The largest absolute Gasteiger partial charge is 0.305 e. The van der Waals surface area contributed by atoms with Crippen LogP contribution in [0.2, 0.25) is 5.02 Å². The molecule has 0 amide bonds. The molecule has 0 unspecified atom stereocenters. The van der Waals surface area contributed by atoms with Crippen LogP contribution in [0.5, 0.6) is 0 Å². The molecule has 0 bridgehead atoms. The minimum atomic E-state index is -0.107. The maximum Gasteiger partial charge on any atom is 0.165 e. The summed E-state index contributed by atoms with van der Waals surface area (Å²) in [4.78, 5) is 0. The Morgan fingerprint density at radius 2 is 1.95 bits per heavy atom. The van der Waals surface area contributed by atoms with Gasteiger partial charge in [-0.05, 0) is 39.0 Å². The van der Waals surface area contributed by atoms with Gasteiger partial charge in [0.05, 0.1) is 5.33 Å². The Morgan fingerprint density at radius 3 is 2.53 bits per heavy atom. The molecular weight excluding hydrogens is 393 g/mol. The molecule has 1 heterocycles. The lowest BCUT2D eigenvalue weighted by molar-refractivity contribution is 0.391. The summed E-state index contributed by atoms with van der Waals surface area (Å²) in [7, 11) is 0. The van der Waals surface area contributed by atoms with Crippen molar-refractivity contribution in [1.29, 1.82) is 0 Å². The van der Waals surface area contributed by atoms with Crippen molar-refractivity contribution in [3.63, 3.8) is 0 Å². The van der Waals surface area contributed by atoms with Crippen LogP contribution in [-0.4, -0.2) is 14.8 Å². The van der Waals surface area contributed by atoms with Gasteiger partial charge in [0.25, 0.3) is 0 Å². The monoisotopic (exact) mass is 405 g/mol. The van der Waals surface area contributed by atoms with Crippen LogP contribution in [0.1, 0.15) is 26.6 Å². The first-order valence-corrected chi connectivity index (χ1v) is 8.10. The predicted molar refractivity (Wildman–Crippen MR) is 85.8 cm³/mol. The number of hydrogen-bond donors (Lipinski definition) is 0. The zero-order chi connectivity index (χ0) is 14.2. The molecule has 0 aliphatic rings. The molecule has 19 heavy (non-hydrogen) atoms. The van der Waals surface area contributed by atoms with Gasteiger partial charge in [-0.1, -0.05) is 43.5 Å². The molecule has 0 saturated heterocycles. The summed E-state index contributed by atoms with van der Waals surface area (Å²) in [6.45, 7) is 6.39. The molecule has 1 aromatic heterocycles. The van der Waals surface area contributed by atoms with Crippen LogP contribution < -0.4 is 0 Å². The van der Waals surface area contributed by atoms with E-state index >= 15 is 0 Å². The van der Waals surface area contributed by atoms with Crippen LogP contribution in [-0.2, 0) is 10.9 Å². The maximum atomic E-state index is 6.09. The summed E-state index contributed by atoms with van der Waals surface area (Å²) in [5.74, 6) is 1.71. The van der Waals surface area contributed by atoms with Crippen molar-refractivity contribution < 1.29 is 0 Å². The molecule has 2 rings (SSSR count). The van der Waals surface area contributed by atoms with E-state index in [0.29, 0.717) is 10.4 Å². The van der Waals surface area contributed by atoms with Crippen molar-refractivity contribution in [3.8, 4) is 11.4 Å². The van der Waals surface area contributed by atoms with Gasteiger partial charge in [0.15, 0.2) is 5.82 Å².